The predicted molar refractivity (Wildman–Crippen MR) is 50.5 cm³/mol. The van der Waals surface area contributed by atoms with E-state index in [9.17, 15) is 13.6 Å². The molecule has 0 bridgehead atoms. The fraction of sp³-hybridized carbons (Fsp3) is 0.300. The Balaban J connectivity index is 2.55. The van der Waals surface area contributed by atoms with Crippen molar-refractivity contribution in [3.05, 3.63) is 17.7 Å². The van der Waals surface area contributed by atoms with E-state index in [2.05, 4.69) is 14.2 Å². The lowest BCUT2D eigenvalue weighted by Crippen LogP contribution is -2.26. The lowest BCUT2D eigenvalue weighted by Gasteiger charge is -2.06. The summed E-state index contributed by atoms with van der Waals surface area (Å²) in [5.41, 5.74) is -0.152. The Morgan fingerprint density at radius 2 is 1.88 bits per heavy atom. The molecular weight excluding hydrogens is 238 g/mol. The first kappa shape index (κ1) is 11.4. The van der Waals surface area contributed by atoms with Crippen molar-refractivity contribution in [1.82, 2.24) is 0 Å². The molecule has 92 valence electrons. The van der Waals surface area contributed by atoms with Gasteiger partial charge >= 0.3 is 12.3 Å². The molecule has 0 radical (unpaired) electrons. The van der Waals surface area contributed by atoms with E-state index in [0.717, 1.165) is 7.11 Å². The molecule has 0 aliphatic carbocycles. The molecule has 0 saturated heterocycles. The number of esters is 1. The Morgan fingerprint density at radius 1 is 1.24 bits per heavy atom. The summed E-state index contributed by atoms with van der Waals surface area (Å²) in [5.74, 6) is -1.46. The molecule has 0 aromatic heterocycles. The number of benzene rings is 1. The SMILES string of the molecule is COC(=O)c1ccc(OC)c2c1OC(F)(F)O2. The van der Waals surface area contributed by atoms with Crippen LogP contribution in [-0.4, -0.2) is 26.5 Å². The van der Waals surface area contributed by atoms with E-state index >= 15 is 0 Å². The summed E-state index contributed by atoms with van der Waals surface area (Å²) in [6, 6.07) is 2.57. The first-order valence-corrected chi connectivity index (χ1v) is 4.53. The smallest absolute Gasteiger partial charge is 0.493 e. The van der Waals surface area contributed by atoms with Gasteiger partial charge in [0, 0.05) is 0 Å². The fourth-order valence-corrected chi connectivity index (χ4v) is 1.43. The lowest BCUT2D eigenvalue weighted by atomic mass is 10.2. The van der Waals surface area contributed by atoms with Crippen molar-refractivity contribution in [3.63, 3.8) is 0 Å². The summed E-state index contributed by atoms with van der Waals surface area (Å²) in [7, 11) is 2.42. The molecule has 2 rings (SSSR count). The van der Waals surface area contributed by atoms with Crippen molar-refractivity contribution in [2.45, 2.75) is 6.29 Å². The van der Waals surface area contributed by atoms with Crippen LogP contribution in [0.3, 0.4) is 0 Å². The first-order chi connectivity index (χ1) is 7.98. The second-order valence-corrected chi connectivity index (χ2v) is 3.13. The number of carbonyl (C=O) groups excluding carboxylic acids is 1. The number of halogens is 2. The van der Waals surface area contributed by atoms with Crippen molar-refractivity contribution in [2.75, 3.05) is 14.2 Å². The minimum atomic E-state index is -3.82. The van der Waals surface area contributed by atoms with Gasteiger partial charge < -0.3 is 18.9 Å². The molecule has 1 aromatic rings. The number of alkyl halides is 2. The summed E-state index contributed by atoms with van der Waals surface area (Å²) in [6.07, 6.45) is -3.82. The topological polar surface area (TPSA) is 54.0 Å². The molecule has 1 aromatic carbocycles. The van der Waals surface area contributed by atoms with Gasteiger partial charge in [-0.05, 0) is 12.1 Å². The van der Waals surface area contributed by atoms with Crippen LogP contribution < -0.4 is 14.2 Å². The molecule has 1 aliphatic heterocycles. The maximum Gasteiger partial charge on any atom is 0.586 e. The highest BCUT2D eigenvalue weighted by molar-refractivity contribution is 5.94. The molecule has 7 heteroatoms. The number of hydrogen-bond donors (Lipinski definition) is 0. The number of carbonyl (C=O) groups is 1. The molecule has 1 aliphatic rings. The molecule has 0 atom stereocenters. The van der Waals surface area contributed by atoms with Crippen LogP contribution in [0.4, 0.5) is 8.78 Å². The molecule has 0 N–H and O–H groups in total. The van der Waals surface area contributed by atoms with Crippen LogP contribution in [0.1, 0.15) is 10.4 Å². The number of hydrogen-bond acceptors (Lipinski definition) is 5. The lowest BCUT2D eigenvalue weighted by molar-refractivity contribution is -0.287. The van der Waals surface area contributed by atoms with Crippen molar-refractivity contribution >= 4 is 5.97 Å². The number of methoxy groups -OCH3 is 2. The zero-order valence-electron chi connectivity index (χ0n) is 8.95. The highest BCUT2D eigenvalue weighted by Gasteiger charge is 2.47. The average Bonchev–Trinajstić information content (AvgIpc) is 2.61. The number of rotatable bonds is 2. The Labute approximate surface area is 94.8 Å². The van der Waals surface area contributed by atoms with Gasteiger partial charge in [-0.25, -0.2) is 4.79 Å². The number of ether oxygens (including phenoxy) is 4. The maximum absolute atomic E-state index is 12.9. The molecular formula is C10H8F2O5. The molecule has 0 saturated carbocycles. The zero-order valence-corrected chi connectivity index (χ0v) is 8.95. The minimum Gasteiger partial charge on any atom is -0.493 e. The summed E-state index contributed by atoms with van der Waals surface area (Å²) in [4.78, 5) is 11.3. The van der Waals surface area contributed by atoms with Crippen LogP contribution in [0, 0.1) is 0 Å². The molecule has 17 heavy (non-hydrogen) atoms. The van der Waals surface area contributed by atoms with Crippen LogP contribution in [0.25, 0.3) is 0 Å². The minimum absolute atomic E-state index is 0.0461. The van der Waals surface area contributed by atoms with E-state index in [4.69, 9.17) is 4.74 Å². The maximum atomic E-state index is 12.9. The van der Waals surface area contributed by atoms with Gasteiger partial charge in [0.25, 0.3) is 0 Å². The second-order valence-electron chi connectivity index (χ2n) is 3.13. The van der Waals surface area contributed by atoms with Crippen molar-refractivity contribution in [2.24, 2.45) is 0 Å². The van der Waals surface area contributed by atoms with E-state index in [1.807, 2.05) is 0 Å². The van der Waals surface area contributed by atoms with Crippen molar-refractivity contribution in [1.29, 1.82) is 0 Å². The normalized spacial score (nSPS) is 15.5. The monoisotopic (exact) mass is 246 g/mol. The Hall–Kier alpha value is -2.05. The van der Waals surface area contributed by atoms with Gasteiger partial charge in [0.1, 0.15) is 5.56 Å². The highest BCUT2D eigenvalue weighted by atomic mass is 19.3. The third kappa shape index (κ3) is 1.83. The van der Waals surface area contributed by atoms with Crippen LogP contribution in [0.2, 0.25) is 0 Å². The summed E-state index contributed by atoms with van der Waals surface area (Å²) >= 11 is 0. The Bertz CT molecular complexity index is 472. The predicted octanol–water partition coefficient (Wildman–Crippen LogP) is 1.80. The van der Waals surface area contributed by atoms with Crippen LogP contribution >= 0.6 is 0 Å². The third-order valence-electron chi connectivity index (χ3n) is 2.14. The van der Waals surface area contributed by atoms with Gasteiger partial charge in [-0.15, -0.1) is 8.78 Å². The first-order valence-electron chi connectivity index (χ1n) is 4.53. The van der Waals surface area contributed by atoms with Crippen LogP contribution in [-0.2, 0) is 4.74 Å². The molecule has 1 heterocycles. The van der Waals surface area contributed by atoms with E-state index in [0.29, 0.717) is 0 Å². The van der Waals surface area contributed by atoms with E-state index in [-0.39, 0.29) is 22.8 Å². The Kier molecular flexibility index (Phi) is 2.53. The second kappa shape index (κ2) is 3.76. The Morgan fingerprint density at radius 3 is 2.47 bits per heavy atom. The van der Waals surface area contributed by atoms with Crippen molar-refractivity contribution < 1.29 is 32.5 Å². The standard InChI is InChI=1S/C10H8F2O5/c1-14-6-4-3-5(9(13)15-2)7-8(6)17-10(11,12)16-7/h3-4H,1-2H3. The average molecular weight is 246 g/mol. The van der Waals surface area contributed by atoms with Gasteiger partial charge in [-0.2, -0.15) is 0 Å². The van der Waals surface area contributed by atoms with E-state index < -0.39 is 12.3 Å². The van der Waals surface area contributed by atoms with Gasteiger partial charge in [0.2, 0.25) is 5.75 Å². The zero-order chi connectivity index (χ0) is 12.6. The summed E-state index contributed by atoms with van der Waals surface area (Å²) in [5, 5.41) is 0. The van der Waals surface area contributed by atoms with Gasteiger partial charge in [-0.3, -0.25) is 0 Å². The van der Waals surface area contributed by atoms with Gasteiger partial charge in [0.05, 0.1) is 14.2 Å². The van der Waals surface area contributed by atoms with Crippen molar-refractivity contribution in [3.8, 4) is 17.2 Å². The van der Waals surface area contributed by atoms with Crippen LogP contribution in [0.15, 0.2) is 12.1 Å². The quantitative estimate of drug-likeness (QED) is 0.745. The van der Waals surface area contributed by atoms with Gasteiger partial charge in [0.15, 0.2) is 11.5 Å². The third-order valence-corrected chi connectivity index (χ3v) is 2.14. The fourth-order valence-electron chi connectivity index (χ4n) is 1.43. The van der Waals surface area contributed by atoms with E-state index in [1.165, 1.54) is 19.2 Å². The highest BCUT2D eigenvalue weighted by Crippen LogP contribution is 2.49. The largest absolute Gasteiger partial charge is 0.586 e. The molecule has 5 nitrogen and oxygen atoms in total. The van der Waals surface area contributed by atoms with Crippen LogP contribution in [0.5, 0.6) is 17.2 Å². The summed E-state index contributed by atoms with van der Waals surface area (Å²) < 4.78 is 43.7. The van der Waals surface area contributed by atoms with E-state index in [1.54, 1.807) is 0 Å². The molecule has 0 spiro atoms. The molecule has 0 unspecified atom stereocenters. The molecule has 0 fully saturated rings. The summed E-state index contributed by atoms with van der Waals surface area (Å²) in [6.45, 7) is 0. The molecule has 0 amide bonds. The van der Waals surface area contributed by atoms with Gasteiger partial charge in [-0.1, -0.05) is 0 Å². The number of fused-ring (bicyclic) bond motifs is 1.